The number of carbonyl (C=O) groups is 1. The van der Waals surface area contributed by atoms with Gasteiger partial charge in [0.05, 0.1) is 16.9 Å². The van der Waals surface area contributed by atoms with Crippen LogP contribution in [-0.2, 0) is 0 Å². The molecule has 1 aromatic carbocycles. The summed E-state index contributed by atoms with van der Waals surface area (Å²) in [5, 5.41) is 3.39. The summed E-state index contributed by atoms with van der Waals surface area (Å²) in [5.74, 6) is 0.309. The van der Waals surface area contributed by atoms with Gasteiger partial charge >= 0.3 is 0 Å². The van der Waals surface area contributed by atoms with Crippen molar-refractivity contribution in [2.45, 2.75) is 18.8 Å². The highest BCUT2D eigenvalue weighted by atomic mass is 35.5. The molecule has 4 rings (SSSR count). The number of halogens is 1. The zero-order chi connectivity index (χ0) is 18.1. The molecule has 2 aromatic heterocycles. The molecule has 1 N–H and O–H groups in total. The minimum atomic E-state index is -0.217. The Labute approximate surface area is 157 Å². The van der Waals surface area contributed by atoms with Gasteiger partial charge in [0.2, 0.25) is 0 Å². The lowest BCUT2D eigenvalue weighted by Crippen LogP contribution is -2.29. The summed E-state index contributed by atoms with van der Waals surface area (Å²) in [4.78, 5) is 19.5. The van der Waals surface area contributed by atoms with Crippen LogP contribution in [0.25, 0.3) is 5.65 Å². The van der Waals surface area contributed by atoms with E-state index in [2.05, 4.69) is 34.5 Å². The molecule has 5 nitrogen and oxygen atoms in total. The molecule has 0 saturated carbocycles. The van der Waals surface area contributed by atoms with E-state index in [0.717, 1.165) is 31.6 Å². The number of nitrogens with zero attached hydrogens (tertiary/aromatic N) is 3. The van der Waals surface area contributed by atoms with Crippen LogP contribution in [0.5, 0.6) is 0 Å². The fourth-order valence-corrected chi connectivity index (χ4v) is 3.68. The molecule has 0 unspecified atom stereocenters. The van der Waals surface area contributed by atoms with Gasteiger partial charge < -0.3 is 10.2 Å². The van der Waals surface area contributed by atoms with E-state index in [1.807, 2.05) is 22.6 Å². The number of nitrogens with one attached hydrogen (secondary N) is 1. The first-order chi connectivity index (χ1) is 12.6. The molecule has 1 amide bonds. The zero-order valence-electron chi connectivity index (χ0n) is 14.7. The Morgan fingerprint density at radius 3 is 2.73 bits per heavy atom. The summed E-state index contributed by atoms with van der Waals surface area (Å²) in [7, 11) is 2.16. The molecule has 1 aliphatic heterocycles. The molecule has 3 heterocycles. The second-order valence-electron chi connectivity index (χ2n) is 6.85. The minimum absolute atomic E-state index is 0.217. The number of fused-ring (bicyclic) bond motifs is 1. The number of benzene rings is 1. The van der Waals surface area contributed by atoms with Crippen molar-refractivity contribution in [2.24, 2.45) is 0 Å². The Morgan fingerprint density at radius 1 is 1.19 bits per heavy atom. The molecule has 26 heavy (non-hydrogen) atoms. The molecule has 1 aliphatic rings. The van der Waals surface area contributed by atoms with E-state index in [9.17, 15) is 4.79 Å². The van der Waals surface area contributed by atoms with Crippen LogP contribution in [0, 0.1) is 0 Å². The van der Waals surface area contributed by atoms with Gasteiger partial charge in [0.25, 0.3) is 5.91 Å². The highest BCUT2D eigenvalue weighted by molar-refractivity contribution is 6.33. The highest BCUT2D eigenvalue weighted by Crippen LogP contribution is 2.28. The molecule has 3 aromatic rings. The summed E-state index contributed by atoms with van der Waals surface area (Å²) < 4.78 is 1.87. The molecular formula is C20H21ClN4O. The molecule has 0 atom stereocenters. The van der Waals surface area contributed by atoms with Gasteiger partial charge in [-0.3, -0.25) is 9.20 Å². The van der Waals surface area contributed by atoms with Crippen LogP contribution in [0.1, 0.15) is 34.8 Å². The first-order valence-corrected chi connectivity index (χ1v) is 9.21. The number of aromatic nitrogens is 2. The summed E-state index contributed by atoms with van der Waals surface area (Å²) >= 11 is 6.15. The molecule has 0 radical (unpaired) electrons. The fraction of sp³-hybridized carbons (Fsp3) is 0.300. The van der Waals surface area contributed by atoms with E-state index in [1.165, 1.54) is 5.56 Å². The maximum absolute atomic E-state index is 12.7. The summed E-state index contributed by atoms with van der Waals surface area (Å²) in [6, 6.07) is 11.3. The predicted octanol–water partition coefficient (Wildman–Crippen LogP) is 4.05. The van der Waals surface area contributed by atoms with Gasteiger partial charge in [-0.2, -0.15) is 0 Å². The Hall–Kier alpha value is -2.37. The number of pyridine rings is 1. The molecule has 134 valence electrons. The van der Waals surface area contributed by atoms with E-state index < -0.39 is 0 Å². The lowest BCUT2D eigenvalue weighted by Gasteiger charge is -2.29. The van der Waals surface area contributed by atoms with Gasteiger partial charge in [-0.15, -0.1) is 0 Å². The maximum atomic E-state index is 12.7. The van der Waals surface area contributed by atoms with E-state index >= 15 is 0 Å². The van der Waals surface area contributed by atoms with Crippen LogP contribution in [0.2, 0.25) is 5.02 Å². The third-order valence-corrected chi connectivity index (χ3v) is 5.40. The zero-order valence-corrected chi connectivity index (χ0v) is 15.4. The molecule has 0 bridgehead atoms. The number of imidazole rings is 1. The summed E-state index contributed by atoms with van der Waals surface area (Å²) in [6.45, 7) is 2.21. The minimum Gasteiger partial charge on any atom is -0.319 e. The third kappa shape index (κ3) is 3.32. The number of likely N-dealkylation sites (tertiary alicyclic amines) is 1. The SMILES string of the molecule is CN1CCC(c2ccc3ncc(C(=O)Nc4ccccc4Cl)n3c2)CC1. The van der Waals surface area contributed by atoms with Crippen molar-refractivity contribution in [2.75, 3.05) is 25.5 Å². The monoisotopic (exact) mass is 368 g/mol. The fourth-order valence-electron chi connectivity index (χ4n) is 3.50. The number of para-hydroxylation sites is 1. The van der Waals surface area contributed by atoms with Crippen molar-refractivity contribution in [1.82, 2.24) is 14.3 Å². The van der Waals surface area contributed by atoms with Crippen LogP contribution in [0.15, 0.2) is 48.8 Å². The van der Waals surface area contributed by atoms with Crippen molar-refractivity contribution in [3.8, 4) is 0 Å². The van der Waals surface area contributed by atoms with Gasteiger partial charge in [0, 0.05) is 6.20 Å². The Bertz CT molecular complexity index is 944. The van der Waals surface area contributed by atoms with Gasteiger partial charge in [0.15, 0.2) is 0 Å². The highest BCUT2D eigenvalue weighted by Gasteiger charge is 2.20. The van der Waals surface area contributed by atoms with Gasteiger partial charge in [-0.05, 0) is 62.7 Å². The molecule has 0 aliphatic carbocycles. The molecule has 1 saturated heterocycles. The Balaban J connectivity index is 1.62. The lowest BCUT2D eigenvalue weighted by atomic mass is 9.91. The summed E-state index contributed by atoms with van der Waals surface area (Å²) in [5.41, 5.74) is 3.14. The van der Waals surface area contributed by atoms with E-state index in [1.54, 1.807) is 18.3 Å². The Morgan fingerprint density at radius 2 is 1.96 bits per heavy atom. The van der Waals surface area contributed by atoms with E-state index in [-0.39, 0.29) is 5.91 Å². The average Bonchev–Trinajstić information content (AvgIpc) is 3.07. The number of rotatable bonds is 3. The number of amides is 1. The Kier molecular flexibility index (Phi) is 4.66. The van der Waals surface area contributed by atoms with E-state index in [0.29, 0.717) is 22.3 Å². The standard InChI is InChI=1S/C20H21ClN4O/c1-24-10-8-14(9-11-24)15-6-7-19-22-12-18(25(19)13-15)20(26)23-17-5-3-2-4-16(17)21/h2-7,12-14H,8-11H2,1H3,(H,23,26). The number of piperidine rings is 1. The van der Waals surface area contributed by atoms with Gasteiger partial charge in [0.1, 0.15) is 11.3 Å². The van der Waals surface area contributed by atoms with Crippen molar-refractivity contribution >= 4 is 28.8 Å². The van der Waals surface area contributed by atoms with Gasteiger partial charge in [-0.1, -0.05) is 29.8 Å². The average molecular weight is 369 g/mol. The van der Waals surface area contributed by atoms with Crippen LogP contribution in [0.4, 0.5) is 5.69 Å². The smallest absolute Gasteiger partial charge is 0.274 e. The molecular weight excluding hydrogens is 348 g/mol. The van der Waals surface area contributed by atoms with Crippen LogP contribution in [0.3, 0.4) is 0 Å². The molecule has 6 heteroatoms. The van der Waals surface area contributed by atoms with Crippen LogP contribution >= 0.6 is 11.6 Å². The topological polar surface area (TPSA) is 49.6 Å². The molecule has 1 fully saturated rings. The number of carbonyl (C=O) groups excluding carboxylic acids is 1. The first kappa shape index (κ1) is 17.1. The normalized spacial score (nSPS) is 16.1. The van der Waals surface area contributed by atoms with Crippen molar-refractivity contribution in [3.63, 3.8) is 0 Å². The third-order valence-electron chi connectivity index (χ3n) is 5.07. The predicted molar refractivity (Wildman–Crippen MR) is 104 cm³/mol. The lowest BCUT2D eigenvalue weighted by molar-refractivity contribution is 0.102. The van der Waals surface area contributed by atoms with Crippen molar-refractivity contribution < 1.29 is 4.79 Å². The molecule has 0 spiro atoms. The van der Waals surface area contributed by atoms with Crippen molar-refractivity contribution in [3.05, 3.63) is 65.1 Å². The second-order valence-corrected chi connectivity index (χ2v) is 7.25. The van der Waals surface area contributed by atoms with Crippen LogP contribution in [-0.4, -0.2) is 40.3 Å². The first-order valence-electron chi connectivity index (χ1n) is 8.83. The van der Waals surface area contributed by atoms with Crippen molar-refractivity contribution in [1.29, 1.82) is 0 Å². The summed E-state index contributed by atoms with van der Waals surface area (Å²) in [6.07, 6.45) is 5.94. The quantitative estimate of drug-likeness (QED) is 0.758. The van der Waals surface area contributed by atoms with Gasteiger partial charge in [-0.25, -0.2) is 4.98 Å². The maximum Gasteiger partial charge on any atom is 0.274 e. The van der Waals surface area contributed by atoms with Crippen LogP contribution < -0.4 is 5.32 Å². The number of hydrogen-bond acceptors (Lipinski definition) is 3. The van der Waals surface area contributed by atoms with E-state index in [4.69, 9.17) is 11.6 Å². The second kappa shape index (κ2) is 7.09. The number of hydrogen-bond donors (Lipinski definition) is 1. The number of anilines is 1. The largest absolute Gasteiger partial charge is 0.319 e.